The lowest BCUT2D eigenvalue weighted by Crippen LogP contribution is -2.23. The van der Waals surface area contributed by atoms with Gasteiger partial charge in [0.25, 0.3) is 5.56 Å². The highest BCUT2D eigenvalue weighted by atomic mass is 16.1. The quantitative estimate of drug-likeness (QED) is 0.662. The van der Waals surface area contributed by atoms with Crippen molar-refractivity contribution in [2.24, 2.45) is 7.05 Å². The fourth-order valence-electron chi connectivity index (χ4n) is 1.20. The van der Waals surface area contributed by atoms with Crippen molar-refractivity contribution in [2.75, 3.05) is 5.73 Å². The molecule has 0 saturated heterocycles. The predicted molar refractivity (Wildman–Crippen MR) is 51.0 cm³/mol. The van der Waals surface area contributed by atoms with Crippen LogP contribution in [0.25, 0.3) is 5.69 Å². The zero-order valence-corrected chi connectivity index (χ0v) is 7.58. The van der Waals surface area contributed by atoms with E-state index < -0.39 is 0 Å². The molecule has 0 fully saturated rings. The van der Waals surface area contributed by atoms with Crippen molar-refractivity contribution < 1.29 is 0 Å². The number of nitrogens with two attached hydrogens (primary N) is 1. The lowest BCUT2D eigenvalue weighted by Gasteiger charge is -2.03. The molecule has 0 aliphatic heterocycles. The van der Waals surface area contributed by atoms with E-state index in [1.165, 1.54) is 21.8 Å². The van der Waals surface area contributed by atoms with Crippen molar-refractivity contribution >= 4 is 5.69 Å². The molecule has 0 spiro atoms. The van der Waals surface area contributed by atoms with Crippen LogP contribution in [0, 0.1) is 0 Å². The summed E-state index contributed by atoms with van der Waals surface area (Å²) in [5, 5.41) is 7.73. The predicted octanol–water partition coefficient (Wildman–Crippen LogP) is -0.452. The number of aromatic nitrogens is 4. The molecule has 2 rings (SSSR count). The summed E-state index contributed by atoms with van der Waals surface area (Å²) in [5.41, 5.74) is 6.27. The van der Waals surface area contributed by atoms with E-state index >= 15 is 0 Å². The van der Waals surface area contributed by atoms with Gasteiger partial charge in [-0.05, 0) is 6.07 Å². The molecule has 2 N–H and O–H groups in total. The van der Waals surface area contributed by atoms with E-state index in [0.29, 0.717) is 11.4 Å². The molecule has 0 aliphatic rings. The Balaban J connectivity index is 2.70. The summed E-state index contributed by atoms with van der Waals surface area (Å²) in [5.74, 6) is 0. The second kappa shape index (κ2) is 2.99. The Morgan fingerprint density at radius 3 is 2.64 bits per heavy atom. The molecule has 2 aromatic rings. The lowest BCUT2D eigenvalue weighted by molar-refractivity contribution is 0.722. The number of pyridine rings is 1. The molecule has 0 amide bonds. The van der Waals surface area contributed by atoms with Crippen LogP contribution in [0.4, 0.5) is 5.69 Å². The molecule has 0 atom stereocenters. The van der Waals surface area contributed by atoms with Crippen molar-refractivity contribution in [3.05, 3.63) is 35.0 Å². The van der Waals surface area contributed by atoms with Gasteiger partial charge in [-0.15, -0.1) is 4.80 Å². The largest absolute Gasteiger partial charge is 0.397 e. The van der Waals surface area contributed by atoms with Gasteiger partial charge in [0.1, 0.15) is 0 Å². The van der Waals surface area contributed by atoms with Crippen LogP contribution in [-0.2, 0) is 7.05 Å². The number of hydrogen-bond acceptors (Lipinski definition) is 4. The number of hydrogen-bond donors (Lipinski definition) is 1. The number of rotatable bonds is 1. The molecule has 0 bridgehead atoms. The van der Waals surface area contributed by atoms with E-state index in [-0.39, 0.29) is 5.56 Å². The van der Waals surface area contributed by atoms with E-state index in [9.17, 15) is 4.79 Å². The third-order valence-corrected chi connectivity index (χ3v) is 1.82. The summed E-state index contributed by atoms with van der Waals surface area (Å²) in [6.45, 7) is 0. The first-order chi connectivity index (χ1) is 6.68. The fraction of sp³-hybridized carbons (Fsp3) is 0.125. The van der Waals surface area contributed by atoms with Crippen LogP contribution in [0.1, 0.15) is 0 Å². The number of aryl methyl sites for hydroxylation is 1. The summed E-state index contributed by atoms with van der Waals surface area (Å²) in [6, 6.07) is 1.54. The highest BCUT2D eigenvalue weighted by molar-refractivity contribution is 5.43. The SMILES string of the molecule is Cn1cc(N)cc(-n2nccn2)c1=O. The highest BCUT2D eigenvalue weighted by Gasteiger charge is 2.05. The maximum absolute atomic E-state index is 11.6. The van der Waals surface area contributed by atoms with Gasteiger partial charge in [0.05, 0.1) is 18.1 Å². The monoisotopic (exact) mass is 191 g/mol. The van der Waals surface area contributed by atoms with Crippen molar-refractivity contribution in [1.29, 1.82) is 0 Å². The first kappa shape index (κ1) is 8.49. The zero-order chi connectivity index (χ0) is 10.1. The van der Waals surface area contributed by atoms with Crippen LogP contribution in [0.15, 0.2) is 29.5 Å². The average molecular weight is 191 g/mol. The van der Waals surface area contributed by atoms with Gasteiger partial charge in [-0.1, -0.05) is 0 Å². The van der Waals surface area contributed by atoms with Gasteiger partial charge in [0.2, 0.25) is 0 Å². The van der Waals surface area contributed by atoms with Gasteiger partial charge in [-0.2, -0.15) is 10.2 Å². The summed E-state index contributed by atoms with van der Waals surface area (Å²) in [7, 11) is 1.63. The molecular weight excluding hydrogens is 182 g/mol. The Kier molecular flexibility index (Phi) is 1.81. The summed E-state index contributed by atoms with van der Waals surface area (Å²) < 4.78 is 1.40. The maximum atomic E-state index is 11.6. The highest BCUT2D eigenvalue weighted by Crippen LogP contribution is 2.03. The number of nitrogens with zero attached hydrogens (tertiary/aromatic N) is 4. The Morgan fingerprint density at radius 2 is 2.00 bits per heavy atom. The van der Waals surface area contributed by atoms with E-state index in [4.69, 9.17) is 5.73 Å². The molecule has 6 heteroatoms. The van der Waals surface area contributed by atoms with Crippen molar-refractivity contribution in [3.8, 4) is 5.69 Å². The minimum Gasteiger partial charge on any atom is -0.397 e. The zero-order valence-electron chi connectivity index (χ0n) is 7.58. The van der Waals surface area contributed by atoms with Crippen molar-refractivity contribution in [1.82, 2.24) is 19.6 Å². The Morgan fingerprint density at radius 1 is 1.36 bits per heavy atom. The van der Waals surface area contributed by atoms with Gasteiger partial charge < -0.3 is 10.3 Å². The fourth-order valence-corrected chi connectivity index (χ4v) is 1.20. The molecule has 2 heterocycles. The molecule has 0 saturated carbocycles. The normalized spacial score (nSPS) is 10.4. The number of nitrogen functional groups attached to an aromatic ring is 1. The van der Waals surface area contributed by atoms with E-state index in [1.54, 1.807) is 19.3 Å². The van der Waals surface area contributed by atoms with Gasteiger partial charge in [-0.3, -0.25) is 4.79 Å². The topological polar surface area (TPSA) is 78.7 Å². The first-order valence-corrected chi connectivity index (χ1v) is 4.01. The maximum Gasteiger partial charge on any atom is 0.278 e. The van der Waals surface area contributed by atoms with Gasteiger partial charge in [0.15, 0.2) is 5.69 Å². The van der Waals surface area contributed by atoms with Crippen LogP contribution >= 0.6 is 0 Å². The van der Waals surface area contributed by atoms with Gasteiger partial charge >= 0.3 is 0 Å². The lowest BCUT2D eigenvalue weighted by atomic mass is 10.4. The van der Waals surface area contributed by atoms with Crippen molar-refractivity contribution in [2.45, 2.75) is 0 Å². The Labute approximate surface area is 79.6 Å². The van der Waals surface area contributed by atoms with E-state index in [2.05, 4.69) is 10.2 Å². The molecule has 0 radical (unpaired) electrons. The third kappa shape index (κ3) is 1.26. The molecule has 0 unspecified atom stereocenters. The van der Waals surface area contributed by atoms with Crippen LogP contribution in [0.3, 0.4) is 0 Å². The van der Waals surface area contributed by atoms with Gasteiger partial charge in [-0.25, -0.2) is 0 Å². The molecule has 2 aromatic heterocycles. The molecule has 72 valence electrons. The van der Waals surface area contributed by atoms with E-state index in [1.807, 2.05) is 0 Å². The van der Waals surface area contributed by atoms with Crippen LogP contribution < -0.4 is 11.3 Å². The Hall–Kier alpha value is -2.11. The summed E-state index contributed by atoms with van der Waals surface area (Å²) in [4.78, 5) is 12.9. The van der Waals surface area contributed by atoms with Crippen LogP contribution in [0.5, 0.6) is 0 Å². The molecule has 0 aliphatic carbocycles. The third-order valence-electron chi connectivity index (χ3n) is 1.82. The number of anilines is 1. The smallest absolute Gasteiger partial charge is 0.278 e. The molecule has 0 aromatic carbocycles. The van der Waals surface area contributed by atoms with Crippen molar-refractivity contribution in [3.63, 3.8) is 0 Å². The van der Waals surface area contributed by atoms with Gasteiger partial charge in [0, 0.05) is 13.2 Å². The Bertz CT molecular complexity index is 499. The van der Waals surface area contributed by atoms with Crippen LogP contribution in [-0.4, -0.2) is 19.6 Å². The summed E-state index contributed by atoms with van der Waals surface area (Å²) in [6.07, 6.45) is 4.56. The molecule has 6 nitrogen and oxygen atoms in total. The minimum absolute atomic E-state index is 0.185. The molecular formula is C8H9N5O. The summed E-state index contributed by atoms with van der Waals surface area (Å²) >= 11 is 0. The first-order valence-electron chi connectivity index (χ1n) is 4.01. The molecule has 14 heavy (non-hydrogen) atoms. The second-order valence-electron chi connectivity index (χ2n) is 2.89. The average Bonchev–Trinajstić information content (AvgIpc) is 2.63. The van der Waals surface area contributed by atoms with Crippen LogP contribution in [0.2, 0.25) is 0 Å². The standard InChI is InChI=1S/C8H9N5O/c1-12-5-6(9)4-7(8(12)14)13-10-2-3-11-13/h2-5H,9H2,1H3. The van der Waals surface area contributed by atoms with E-state index in [0.717, 1.165) is 0 Å². The second-order valence-corrected chi connectivity index (χ2v) is 2.89. The minimum atomic E-state index is -0.185.